The third-order valence-electron chi connectivity index (χ3n) is 3.33. The van der Waals surface area contributed by atoms with Gasteiger partial charge in [0.1, 0.15) is 5.75 Å². The smallest absolute Gasteiger partial charge is 0.267 e. The lowest BCUT2D eigenvalue weighted by Gasteiger charge is -2.25. The lowest BCUT2D eigenvalue weighted by atomic mass is 10.2. The minimum absolute atomic E-state index is 0.226. The molecule has 0 saturated heterocycles. The average Bonchev–Trinajstić information content (AvgIpc) is 2.58. The van der Waals surface area contributed by atoms with Gasteiger partial charge in [0.15, 0.2) is 6.10 Å². The molecular formula is C18H16BrClN2O2. The molecule has 2 aromatic rings. The molecule has 1 atom stereocenters. The van der Waals surface area contributed by atoms with Crippen molar-refractivity contribution in [2.45, 2.75) is 19.4 Å². The third kappa shape index (κ3) is 4.73. The predicted octanol–water partition coefficient (Wildman–Crippen LogP) is 4.82. The zero-order valence-corrected chi connectivity index (χ0v) is 15.4. The van der Waals surface area contributed by atoms with Gasteiger partial charge in [0, 0.05) is 16.7 Å². The zero-order chi connectivity index (χ0) is 17.5. The third-order valence-corrected chi connectivity index (χ3v) is 4.12. The number of carbonyl (C=O) groups is 1. The second kappa shape index (κ2) is 8.72. The summed E-state index contributed by atoms with van der Waals surface area (Å²) < 4.78 is 6.55. The molecule has 0 aromatic heterocycles. The molecule has 0 aliphatic rings. The van der Waals surface area contributed by atoms with Gasteiger partial charge < -0.3 is 9.64 Å². The first-order valence-electron chi connectivity index (χ1n) is 7.38. The summed E-state index contributed by atoms with van der Waals surface area (Å²) >= 11 is 9.46. The summed E-state index contributed by atoms with van der Waals surface area (Å²) in [6.07, 6.45) is -0.491. The fourth-order valence-corrected chi connectivity index (χ4v) is 2.89. The van der Waals surface area contributed by atoms with E-state index in [1.807, 2.05) is 30.3 Å². The van der Waals surface area contributed by atoms with E-state index in [-0.39, 0.29) is 12.3 Å². The van der Waals surface area contributed by atoms with Gasteiger partial charge in [0.2, 0.25) is 0 Å². The Kier molecular flexibility index (Phi) is 6.65. The molecule has 2 rings (SSSR count). The SMILES string of the molecule is C[C@H](Oc1ccc(Br)cc1Cl)C(=O)N(CCC#N)c1ccccc1. The monoisotopic (exact) mass is 406 g/mol. The predicted molar refractivity (Wildman–Crippen MR) is 98.3 cm³/mol. The van der Waals surface area contributed by atoms with E-state index in [1.54, 1.807) is 30.0 Å². The topological polar surface area (TPSA) is 53.3 Å². The Morgan fingerprint density at radius 1 is 1.33 bits per heavy atom. The Bertz CT molecular complexity index is 746. The van der Waals surface area contributed by atoms with Crippen LogP contribution in [0.1, 0.15) is 13.3 Å². The van der Waals surface area contributed by atoms with E-state index in [9.17, 15) is 4.79 Å². The van der Waals surface area contributed by atoms with E-state index >= 15 is 0 Å². The van der Waals surface area contributed by atoms with Gasteiger partial charge in [-0.1, -0.05) is 45.7 Å². The molecule has 0 fully saturated rings. The van der Waals surface area contributed by atoms with Crippen LogP contribution in [-0.2, 0) is 4.79 Å². The number of nitriles is 1. The van der Waals surface area contributed by atoms with Crippen molar-refractivity contribution >= 4 is 39.1 Å². The highest BCUT2D eigenvalue weighted by Gasteiger charge is 2.24. The number of hydrogen-bond acceptors (Lipinski definition) is 3. The molecule has 2 aromatic carbocycles. The minimum Gasteiger partial charge on any atom is -0.479 e. The Morgan fingerprint density at radius 3 is 2.67 bits per heavy atom. The van der Waals surface area contributed by atoms with E-state index in [2.05, 4.69) is 22.0 Å². The highest BCUT2D eigenvalue weighted by molar-refractivity contribution is 9.10. The summed E-state index contributed by atoms with van der Waals surface area (Å²) in [7, 11) is 0. The number of carbonyl (C=O) groups excluding carboxylic acids is 1. The van der Waals surface area contributed by atoms with Crippen LogP contribution in [0.2, 0.25) is 5.02 Å². The lowest BCUT2D eigenvalue weighted by molar-refractivity contribution is -0.124. The van der Waals surface area contributed by atoms with Crippen molar-refractivity contribution in [1.82, 2.24) is 0 Å². The number of rotatable bonds is 6. The van der Waals surface area contributed by atoms with Crippen LogP contribution in [0.25, 0.3) is 0 Å². The van der Waals surface area contributed by atoms with Crippen molar-refractivity contribution in [1.29, 1.82) is 5.26 Å². The summed E-state index contributed by atoms with van der Waals surface area (Å²) in [4.78, 5) is 14.3. The van der Waals surface area contributed by atoms with Crippen LogP contribution in [0.15, 0.2) is 53.0 Å². The number of halogens is 2. The molecule has 24 heavy (non-hydrogen) atoms. The quantitative estimate of drug-likeness (QED) is 0.690. The number of hydrogen-bond donors (Lipinski definition) is 0. The number of benzene rings is 2. The summed E-state index contributed by atoms with van der Waals surface area (Å²) in [5.74, 6) is 0.212. The Morgan fingerprint density at radius 2 is 2.04 bits per heavy atom. The van der Waals surface area contributed by atoms with Crippen molar-refractivity contribution in [2.75, 3.05) is 11.4 Å². The average molecular weight is 408 g/mol. The van der Waals surface area contributed by atoms with Crippen molar-refractivity contribution in [2.24, 2.45) is 0 Å². The van der Waals surface area contributed by atoms with Crippen LogP contribution < -0.4 is 9.64 Å². The lowest BCUT2D eigenvalue weighted by Crippen LogP contribution is -2.41. The Balaban J connectivity index is 2.17. The number of amides is 1. The maximum atomic E-state index is 12.8. The van der Waals surface area contributed by atoms with Gasteiger partial charge in [0.05, 0.1) is 17.5 Å². The van der Waals surface area contributed by atoms with E-state index < -0.39 is 6.10 Å². The van der Waals surface area contributed by atoms with E-state index in [1.165, 1.54) is 0 Å². The second-order valence-electron chi connectivity index (χ2n) is 5.07. The number of anilines is 1. The maximum absolute atomic E-state index is 12.8. The second-order valence-corrected chi connectivity index (χ2v) is 6.39. The first-order valence-corrected chi connectivity index (χ1v) is 8.55. The molecular weight excluding hydrogens is 392 g/mol. The molecule has 0 bridgehead atoms. The van der Waals surface area contributed by atoms with Crippen molar-refractivity contribution in [3.8, 4) is 11.8 Å². The van der Waals surface area contributed by atoms with Gasteiger partial charge in [0.25, 0.3) is 5.91 Å². The highest BCUT2D eigenvalue weighted by atomic mass is 79.9. The molecule has 6 heteroatoms. The van der Waals surface area contributed by atoms with E-state index in [4.69, 9.17) is 21.6 Å². The van der Waals surface area contributed by atoms with Gasteiger partial charge in [-0.05, 0) is 37.3 Å². The van der Waals surface area contributed by atoms with Crippen LogP contribution in [0, 0.1) is 11.3 Å². The minimum atomic E-state index is -0.734. The normalized spacial score (nSPS) is 11.4. The maximum Gasteiger partial charge on any atom is 0.267 e. The van der Waals surface area contributed by atoms with Crippen molar-refractivity contribution in [3.63, 3.8) is 0 Å². The molecule has 0 radical (unpaired) electrons. The molecule has 0 aliphatic carbocycles. The standard InChI is InChI=1S/C18H16BrClN2O2/c1-13(24-17-9-8-14(19)12-16(17)20)18(23)22(11-5-10-21)15-6-3-2-4-7-15/h2-4,6-9,12-13H,5,11H2,1H3/t13-/m0/s1. The molecule has 0 aliphatic heterocycles. The molecule has 4 nitrogen and oxygen atoms in total. The molecule has 124 valence electrons. The molecule has 0 spiro atoms. The summed E-state index contributed by atoms with van der Waals surface area (Å²) in [5.41, 5.74) is 0.732. The van der Waals surface area contributed by atoms with Gasteiger partial charge in [-0.25, -0.2) is 0 Å². The summed E-state index contributed by atoms with van der Waals surface area (Å²) in [6, 6.07) is 16.5. The van der Waals surface area contributed by atoms with Crippen LogP contribution in [0.5, 0.6) is 5.75 Å². The summed E-state index contributed by atoms with van der Waals surface area (Å²) in [6.45, 7) is 1.98. The molecule has 0 N–H and O–H groups in total. The molecule has 0 unspecified atom stereocenters. The van der Waals surface area contributed by atoms with Gasteiger partial charge in [-0.15, -0.1) is 0 Å². The van der Waals surface area contributed by atoms with Crippen LogP contribution >= 0.6 is 27.5 Å². The fraction of sp³-hybridized carbons (Fsp3) is 0.222. The Labute approximate surface area is 154 Å². The number of nitrogens with zero attached hydrogens (tertiary/aromatic N) is 2. The van der Waals surface area contributed by atoms with Gasteiger partial charge in [-0.3, -0.25) is 4.79 Å². The van der Waals surface area contributed by atoms with Gasteiger partial charge >= 0.3 is 0 Å². The summed E-state index contributed by atoms with van der Waals surface area (Å²) in [5, 5.41) is 9.26. The first-order chi connectivity index (χ1) is 11.5. The van der Waals surface area contributed by atoms with Crippen LogP contribution in [0.4, 0.5) is 5.69 Å². The number of ether oxygens (including phenoxy) is 1. The Hall–Kier alpha value is -2.03. The first kappa shape index (κ1) is 18.3. The largest absolute Gasteiger partial charge is 0.479 e. The van der Waals surface area contributed by atoms with Gasteiger partial charge in [-0.2, -0.15) is 5.26 Å². The zero-order valence-electron chi connectivity index (χ0n) is 13.1. The van der Waals surface area contributed by atoms with Crippen LogP contribution in [-0.4, -0.2) is 18.6 Å². The molecule has 1 amide bonds. The number of para-hydroxylation sites is 1. The van der Waals surface area contributed by atoms with E-state index in [0.717, 1.165) is 10.2 Å². The highest BCUT2D eigenvalue weighted by Crippen LogP contribution is 2.29. The fourth-order valence-electron chi connectivity index (χ4n) is 2.17. The molecule has 0 saturated carbocycles. The van der Waals surface area contributed by atoms with E-state index in [0.29, 0.717) is 17.3 Å². The van der Waals surface area contributed by atoms with Crippen molar-refractivity contribution < 1.29 is 9.53 Å². The molecule has 0 heterocycles. The van der Waals surface area contributed by atoms with Crippen molar-refractivity contribution in [3.05, 3.63) is 58.0 Å². The van der Waals surface area contributed by atoms with Crippen LogP contribution in [0.3, 0.4) is 0 Å².